The second-order valence-corrected chi connectivity index (χ2v) is 9.84. The Kier molecular flexibility index (Phi) is 5.09. The molecule has 0 unspecified atom stereocenters. The lowest BCUT2D eigenvalue weighted by Crippen LogP contribution is -2.24. The number of aryl methyl sites for hydroxylation is 1. The van der Waals surface area contributed by atoms with Crippen molar-refractivity contribution in [3.05, 3.63) is 54.9 Å². The van der Waals surface area contributed by atoms with Crippen LogP contribution in [0.4, 0.5) is 17.2 Å². The van der Waals surface area contributed by atoms with Gasteiger partial charge in [0.25, 0.3) is 5.88 Å². The maximum Gasteiger partial charge on any atom is 0.262 e. The van der Waals surface area contributed by atoms with Gasteiger partial charge in [-0.05, 0) is 37.6 Å². The minimum absolute atomic E-state index is 0.191. The lowest BCUT2D eigenvalue weighted by Gasteiger charge is -2.17. The number of sulfonamides is 1. The van der Waals surface area contributed by atoms with Gasteiger partial charge in [0.05, 0.1) is 28.3 Å². The number of hydrogen-bond acceptors (Lipinski definition) is 7. The average Bonchev–Trinajstić information content (AvgIpc) is 3.31. The first-order valence-corrected chi connectivity index (χ1v) is 12.3. The van der Waals surface area contributed by atoms with Crippen LogP contribution in [0.15, 0.2) is 54.9 Å². The third kappa shape index (κ3) is 3.62. The van der Waals surface area contributed by atoms with Crippen LogP contribution < -0.4 is 20.5 Å². The Bertz CT molecular complexity index is 1450. The number of fused-ring (bicyclic) bond motifs is 1. The van der Waals surface area contributed by atoms with Crippen molar-refractivity contribution in [3.8, 4) is 22.9 Å². The van der Waals surface area contributed by atoms with E-state index in [-0.39, 0.29) is 17.5 Å². The maximum atomic E-state index is 12.2. The van der Waals surface area contributed by atoms with E-state index in [0.29, 0.717) is 36.6 Å². The number of rotatable bonds is 5. The van der Waals surface area contributed by atoms with Crippen LogP contribution >= 0.6 is 0 Å². The molecule has 33 heavy (non-hydrogen) atoms. The first-order valence-electron chi connectivity index (χ1n) is 10.7. The molecule has 10 heteroatoms. The molecule has 1 aliphatic heterocycles. The zero-order chi connectivity index (χ0) is 23.2. The van der Waals surface area contributed by atoms with Crippen LogP contribution in [0.2, 0.25) is 0 Å². The van der Waals surface area contributed by atoms with Gasteiger partial charge in [-0.3, -0.25) is 4.31 Å². The molecule has 4 N–H and O–H groups in total. The predicted octanol–water partition coefficient (Wildman–Crippen LogP) is 3.61. The van der Waals surface area contributed by atoms with Gasteiger partial charge < -0.3 is 20.8 Å². The van der Waals surface area contributed by atoms with E-state index in [4.69, 9.17) is 16.2 Å². The molecule has 3 heterocycles. The van der Waals surface area contributed by atoms with Gasteiger partial charge in [-0.1, -0.05) is 12.1 Å². The molecule has 0 saturated carbocycles. The van der Waals surface area contributed by atoms with Gasteiger partial charge >= 0.3 is 0 Å². The molecule has 2 aromatic heterocycles. The average molecular weight is 465 g/mol. The maximum absolute atomic E-state index is 12.2. The molecule has 4 aromatic rings. The fraction of sp³-hybridized carbons (Fsp3) is 0.217. The van der Waals surface area contributed by atoms with E-state index < -0.39 is 10.0 Å². The van der Waals surface area contributed by atoms with Gasteiger partial charge in [-0.15, -0.1) is 0 Å². The summed E-state index contributed by atoms with van der Waals surface area (Å²) in [6.07, 6.45) is 3.67. The summed E-state index contributed by atoms with van der Waals surface area (Å²) in [5.74, 6) is 1.22. The Labute approximate surface area is 191 Å². The fourth-order valence-electron chi connectivity index (χ4n) is 4.30. The van der Waals surface area contributed by atoms with Gasteiger partial charge in [0.2, 0.25) is 10.0 Å². The van der Waals surface area contributed by atoms with Crippen LogP contribution in [-0.2, 0) is 16.6 Å². The molecular formula is C23H24N6O3S. The van der Waals surface area contributed by atoms with Crippen LogP contribution in [0, 0.1) is 0 Å². The molecule has 0 aliphatic carbocycles. The molecule has 0 atom stereocenters. The highest BCUT2D eigenvalue weighted by molar-refractivity contribution is 7.93. The molecule has 1 saturated heterocycles. The van der Waals surface area contributed by atoms with E-state index in [2.05, 4.69) is 14.5 Å². The Morgan fingerprint density at radius 3 is 2.48 bits per heavy atom. The van der Waals surface area contributed by atoms with Gasteiger partial charge in [0.1, 0.15) is 5.75 Å². The van der Waals surface area contributed by atoms with Gasteiger partial charge in [0.15, 0.2) is 5.82 Å². The van der Waals surface area contributed by atoms with E-state index in [1.54, 1.807) is 0 Å². The van der Waals surface area contributed by atoms with Crippen molar-refractivity contribution in [3.63, 3.8) is 0 Å². The zero-order valence-electron chi connectivity index (χ0n) is 18.1. The SMILES string of the molecule is CCn1c(-c2ccc(N3CCCS3(=O)=O)cc2)c(N)c2ccc(Oc3nccnc3N)cc21. The number of benzene rings is 2. The van der Waals surface area contributed by atoms with Crippen LogP contribution in [0.1, 0.15) is 13.3 Å². The first-order chi connectivity index (χ1) is 15.9. The second-order valence-electron chi connectivity index (χ2n) is 7.82. The number of hydrogen-bond donors (Lipinski definition) is 2. The van der Waals surface area contributed by atoms with E-state index >= 15 is 0 Å². The van der Waals surface area contributed by atoms with Crippen molar-refractivity contribution in [2.45, 2.75) is 19.9 Å². The number of ether oxygens (including phenoxy) is 1. The number of nitrogen functional groups attached to an aromatic ring is 2. The fourth-order valence-corrected chi connectivity index (χ4v) is 5.87. The van der Waals surface area contributed by atoms with Crippen LogP contribution in [0.3, 0.4) is 0 Å². The Morgan fingerprint density at radius 1 is 1.06 bits per heavy atom. The minimum Gasteiger partial charge on any atom is -0.436 e. The molecule has 9 nitrogen and oxygen atoms in total. The molecule has 0 amide bonds. The molecule has 1 fully saturated rings. The predicted molar refractivity (Wildman–Crippen MR) is 130 cm³/mol. The van der Waals surface area contributed by atoms with Crippen LogP contribution in [0.5, 0.6) is 11.6 Å². The summed E-state index contributed by atoms with van der Waals surface area (Å²) in [5.41, 5.74) is 16.4. The molecule has 0 radical (unpaired) electrons. The molecule has 0 bridgehead atoms. The molecular weight excluding hydrogens is 440 g/mol. The number of nitrogens with zero attached hydrogens (tertiary/aromatic N) is 4. The summed E-state index contributed by atoms with van der Waals surface area (Å²) < 4.78 is 33.9. The third-order valence-corrected chi connectivity index (χ3v) is 7.69. The quantitative estimate of drug-likeness (QED) is 0.461. The number of nitrogens with two attached hydrogens (primary N) is 2. The van der Waals surface area contributed by atoms with E-state index in [9.17, 15) is 8.42 Å². The summed E-state index contributed by atoms with van der Waals surface area (Å²) in [7, 11) is -3.22. The van der Waals surface area contributed by atoms with Crippen molar-refractivity contribution >= 4 is 38.1 Å². The zero-order valence-corrected chi connectivity index (χ0v) is 18.9. The monoisotopic (exact) mass is 464 g/mol. The van der Waals surface area contributed by atoms with E-state index in [0.717, 1.165) is 22.2 Å². The number of aromatic nitrogens is 3. The van der Waals surface area contributed by atoms with Crippen molar-refractivity contribution in [2.75, 3.05) is 28.1 Å². The minimum atomic E-state index is -3.22. The summed E-state index contributed by atoms with van der Waals surface area (Å²) in [6, 6.07) is 13.1. The summed E-state index contributed by atoms with van der Waals surface area (Å²) >= 11 is 0. The second kappa shape index (κ2) is 7.96. The lowest BCUT2D eigenvalue weighted by molar-refractivity contribution is 0.463. The first kappa shape index (κ1) is 21.1. The molecule has 5 rings (SSSR count). The highest BCUT2D eigenvalue weighted by Crippen LogP contribution is 2.39. The third-order valence-electron chi connectivity index (χ3n) is 5.83. The summed E-state index contributed by atoms with van der Waals surface area (Å²) in [4.78, 5) is 8.13. The largest absolute Gasteiger partial charge is 0.436 e. The van der Waals surface area contributed by atoms with Crippen LogP contribution in [0.25, 0.3) is 22.2 Å². The van der Waals surface area contributed by atoms with E-state index in [1.165, 1.54) is 16.7 Å². The van der Waals surface area contributed by atoms with Gasteiger partial charge in [-0.2, -0.15) is 0 Å². The molecule has 2 aromatic carbocycles. The summed E-state index contributed by atoms with van der Waals surface area (Å²) in [5, 5.41) is 0.900. The Hall–Kier alpha value is -3.79. The van der Waals surface area contributed by atoms with Crippen LogP contribution in [-0.4, -0.2) is 35.3 Å². The smallest absolute Gasteiger partial charge is 0.262 e. The molecule has 0 spiro atoms. The van der Waals surface area contributed by atoms with Crippen molar-refractivity contribution in [2.24, 2.45) is 0 Å². The standard InChI is InChI=1S/C23H24N6O3S/c1-2-28-19-14-17(32-23-22(25)26-10-11-27-23)8-9-18(19)20(24)21(28)15-4-6-16(7-5-15)29-12-3-13-33(29,30)31/h4-11,14H,2-3,12-13,24H2,1H3,(H2,25,26). The van der Waals surface area contributed by atoms with Crippen molar-refractivity contribution in [1.29, 1.82) is 0 Å². The number of anilines is 3. The van der Waals surface area contributed by atoms with Crippen molar-refractivity contribution < 1.29 is 13.2 Å². The summed E-state index contributed by atoms with van der Waals surface area (Å²) in [6.45, 7) is 3.24. The Balaban J connectivity index is 1.54. The topological polar surface area (TPSA) is 129 Å². The molecule has 1 aliphatic rings. The van der Waals surface area contributed by atoms with Crippen molar-refractivity contribution in [1.82, 2.24) is 14.5 Å². The molecule has 170 valence electrons. The van der Waals surface area contributed by atoms with Gasteiger partial charge in [-0.25, -0.2) is 18.4 Å². The highest BCUT2D eigenvalue weighted by Gasteiger charge is 2.28. The van der Waals surface area contributed by atoms with E-state index in [1.807, 2.05) is 49.4 Å². The Morgan fingerprint density at radius 2 is 1.82 bits per heavy atom. The highest BCUT2D eigenvalue weighted by atomic mass is 32.2. The normalized spacial score (nSPS) is 15.2. The van der Waals surface area contributed by atoms with Gasteiger partial charge in [0, 0.05) is 42.5 Å². The lowest BCUT2D eigenvalue weighted by atomic mass is 10.1.